The number of rotatable bonds is 3. The third-order valence-corrected chi connectivity index (χ3v) is 2.31. The Kier molecular flexibility index (Phi) is 3.84. The first-order valence-electron chi connectivity index (χ1n) is 4.59. The predicted octanol–water partition coefficient (Wildman–Crippen LogP) is 2.73. The molecule has 1 aromatic rings. The SMILES string of the molecule is CCOC(=O)c1c(Cl)ccc(C)c1[N+](=O)[O-]. The maximum atomic E-state index is 11.5. The summed E-state index contributed by atoms with van der Waals surface area (Å²) in [6.45, 7) is 3.30. The lowest BCUT2D eigenvalue weighted by Gasteiger charge is -2.06. The highest BCUT2D eigenvalue weighted by atomic mass is 35.5. The van der Waals surface area contributed by atoms with Gasteiger partial charge >= 0.3 is 5.97 Å². The highest BCUT2D eigenvalue weighted by molar-refractivity contribution is 6.34. The van der Waals surface area contributed by atoms with Crippen LogP contribution in [-0.2, 0) is 4.74 Å². The van der Waals surface area contributed by atoms with Gasteiger partial charge in [0.25, 0.3) is 5.69 Å². The van der Waals surface area contributed by atoms with Gasteiger partial charge in [-0.05, 0) is 19.9 Å². The number of benzene rings is 1. The number of hydrogen-bond acceptors (Lipinski definition) is 4. The fraction of sp³-hybridized carbons (Fsp3) is 0.300. The number of aryl methyl sites for hydroxylation is 1. The molecule has 0 N–H and O–H groups in total. The summed E-state index contributed by atoms with van der Waals surface area (Å²) in [7, 11) is 0. The Morgan fingerprint density at radius 2 is 2.19 bits per heavy atom. The topological polar surface area (TPSA) is 69.4 Å². The molecule has 0 bridgehead atoms. The second-order valence-electron chi connectivity index (χ2n) is 3.07. The minimum absolute atomic E-state index is 0.0238. The Morgan fingerprint density at radius 1 is 1.56 bits per heavy atom. The van der Waals surface area contributed by atoms with Crippen LogP contribution in [-0.4, -0.2) is 17.5 Å². The number of carbonyl (C=O) groups excluding carboxylic acids is 1. The molecule has 0 aliphatic heterocycles. The van der Waals surface area contributed by atoms with E-state index in [9.17, 15) is 14.9 Å². The zero-order valence-corrected chi connectivity index (χ0v) is 9.58. The highest BCUT2D eigenvalue weighted by Crippen LogP contribution is 2.30. The van der Waals surface area contributed by atoms with E-state index >= 15 is 0 Å². The van der Waals surface area contributed by atoms with Crippen molar-refractivity contribution in [3.63, 3.8) is 0 Å². The number of esters is 1. The predicted molar refractivity (Wildman–Crippen MR) is 58.8 cm³/mol. The standard InChI is InChI=1S/C10H10ClNO4/c1-3-16-10(13)8-7(11)5-4-6(2)9(8)12(14)15/h4-5H,3H2,1-2H3. The van der Waals surface area contributed by atoms with Gasteiger partial charge < -0.3 is 4.74 Å². The summed E-state index contributed by atoms with van der Waals surface area (Å²) in [5, 5.41) is 10.9. The van der Waals surface area contributed by atoms with Crippen molar-refractivity contribution in [3.8, 4) is 0 Å². The van der Waals surface area contributed by atoms with Gasteiger partial charge in [-0.15, -0.1) is 0 Å². The van der Waals surface area contributed by atoms with E-state index in [1.807, 2.05) is 0 Å². The molecule has 0 aliphatic carbocycles. The lowest BCUT2D eigenvalue weighted by Crippen LogP contribution is -2.09. The van der Waals surface area contributed by atoms with Crippen molar-refractivity contribution >= 4 is 23.3 Å². The maximum absolute atomic E-state index is 11.5. The second kappa shape index (κ2) is 4.94. The van der Waals surface area contributed by atoms with Crippen LogP contribution in [0, 0.1) is 17.0 Å². The van der Waals surface area contributed by atoms with Crippen LogP contribution >= 0.6 is 11.6 Å². The van der Waals surface area contributed by atoms with E-state index in [0.717, 1.165) is 0 Å². The molecule has 0 aromatic heterocycles. The summed E-state index contributed by atoms with van der Waals surface area (Å²) in [5.74, 6) is -0.775. The largest absolute Gasteiger partial charge is 0.462 e. The van der Waals surface area contributed by atoms with Crippen molar-refractivity contribution in [2.45, 2.75) is 13.8 Å². The number of nitrogens with zero attached hydrogens (tertiary/aromatic N) is 1. The number of ether oxygens (including phenoxy) is 1. The van der Waals surface area contributed by atoms with Gasteiger partial charge in [-0.2, -0.15) is 0 Å². The molecule has 5 nitrogen and oxygen atoms in total. The summed E-state index contributed by atoms with van der Waals surface area (Å²) in [4.78, 5) is 21.7. The lowest BCUT2D eigenvalue weighted by molar-refractivity contribution is -0.385. The van der Waals surface area contributed by atoms with Crippen LogP contribution in [0.1, 0.15) is 22.8 Å². The average Bonchev–Trinajstić information content (AvgIpc) is 2.20. The highest BCUT2D eigenvalue weighted by Gasteiger charge is 2.26. The molecule has 0 atom stereocenters. The molecule has 86 valence electrons. The number of carbonyl (C=O) groups is 1. The van der Waals surface area contributed by atoms with Crippen LogP contribution in [0.4, 0.5) is 5.69 Å². The maximum Gasteiger partial charge on any atom is 0.346 e. The zero-order valence-electron chi connectivity index (χ0n) is 8.82. The van der Waals surface area contributed by atoms with E-state index in [4.69, 9.17) is 16.3 Å². The second-order valence-corrected chi connectivity index (χ2v) is 3.47. The van der Waals surface area contributed by atoms with E-state index in [-0.39, 0.29) is 22.9 Å². The third-order valence-electron chi connectivity index (χ3n) is 1.99. The van der Waals surface area contributed by atoms with Gasteiger partial charge in [0.05, 0.1) is 16.6 Å². The third kappa shape index (κ3) is 2.30. The smallest absolute Gasteiger partial charge is 0.346 e. The van der Waals surface area contributed by atoms with Gasteiger partial charge in [-0.3, -0.25) is 10.1 Å². The summed E-state index contributed by atoms with van der Waals surface area (Å²) < 4.78 is 4.73. The van der Waals surface area contributed by atoms with Gasteiger partial charge in [-0.1, -0.05) is 17.7 Å². The van der Waals surface area contributed by atoms with Gasteiger partial charge in [0.2, 0.25) is 0 Å². The van der Waals surface area contributed by atoms with Crippen molar-refractivity contribution in [2.75, 3.05) is 6.61 Å². The summed E-state index contributed by atoms with van der Waals surface area (Å²) >= 11 is 5.77. The molecular formula is C10H10ClNO4. The first-order chi connectivity index (χ1) is 7.49. The van der Waals surface area contributed by atoms with Gasteiger partial charge in [-0.25, -0.2) is 4.79 Å². The van der Waals surface area contributed by atoms with E-state index in [2.05, 4.69) is 0 Å². The fourth-order valence-electron chi connectivity index (χ4n) is 1.30. The van der Waals surface area contributed by atoms with Crippen molar-refractivity contribution < 1.29 is 14.5 Å². The summed E-state index contributed by atoms with van der Waals surface area (Å²) in [6, 6.07) is 2.93. The molecule has 0 saturated carbocycles. The van der Waals surface area contributed by atoms with E-state index in [1.54, 1.807) is 6.92 Å². The zero-order chi connectivity index (χ0) is 12.3. The number of nitro benzene ring substituents is 1. The molecule has 0 saturated heterocycles. The van der Waals surface area contributed by atoms with Crippen molar-refractivity contribution in [3.05, 3.63) is 38.4 Å². The molecule has 0 fully saturated rings. The minimum atomic E-state index is -0.775. The first kappa shape index (κ1) is 12.4. The molecule has 0 heterocycles. The molecule has 16 heavy (non-hydrogen) atoms. The Morgan fingerprint density at radius 3 is 2.69 bits per heavy atom. The molecule has 0 spiro atoms. The van der Waals surface area contributed by atoms with Crippen LogP contribution in [0.25, 0.3) is 0 Å². The van der Waals surface area contributed by atoms with E-state index in [1.165, 1.54) is 19.1 Å². The van der Waals surface area contributed by atoms with Crippen LogP contribution in [0.3, 0.4) is 0 Å². The van der Waals surface area contributed by atoms with Crippen molar-refractivity contribution in [1.82, 2.24) is 0 Å². The first-order valence-corrected chi connectivity index (χ1v) is 4.97. The molecule has 0 aliphatic rings. The van der Waals surface area contributed by atoms with Crippen molar-refractivity contribution in [1.29, 1.82) is 0 Å². The van der Waals surface area contributed by atoms with Crippen molar-refractivity contribution in [2.24, 2.45) is 0 Å². The van der Waals surface area contributed by atoms with Crippen LogP contribution < -0.4 is 0 Å². The summed E-state index contributed by atoms with van der Waals surface area (Å²) in [6.07, 6.45) is 0. The molecule has 0 unspecified atom stereocenters. The normalized spacial score (nSPS) is 9.94. The Balaban J connectivity index is 3.40. The van der Waals surface area contributed by atoms with E-state index in [0.29, 0.717) is 5.56 Å². The van der Waals surface area contributed by atoms with Crippen LogP contribution in [0.15, 0.2) is 12.1 Å². The lowest BCUT2D eigenvalue weighted by atomic mass is 10.1. The van der Waals surface area contributed by atoms with Gasteiger partial charge in [0, 0.05) is 5.56 Å². The fourth-order valence-corrected chi connectivity index (χ4v) is 1.53. The quantitative estimate of drug-likeness (QED) is 0.465. The Labute approximate surface area is 97.1 Å². The molecule has 0 radical (unpaired) electrons. The Bertz CT molecular complexity index is 445. The van der Waals surface area contributed by atoms with Gasteiger partial charge in [0.1, 0.15) is 0 Å². The number of hydrogen-bond donors (Lipinski definition) is 0. The molecule has 1 aromatic carbocycles. The average molecular weight is 244 g/mol. The minimum Gasteiger partial charge on any atom is -0.462 e. The number of nitro groups is 1. The Hall–Kier alpha value is -1.62. The monoisotopic (exact) mass is 243 g/mol. The summed E-state index contributed by atoms with van der Waals surface area (Å²) in [5.41, 5.74) is -0.114. The molecule has 6 heteroatoms. The van der Waals surface area contributed by atoms with E-state index < -0.39 is 10.9 Å². The molecular weight excluding hydrogens is 234 g/mol. The van der Waals surface area contributed by atoms with Gasteiger partial charge in [0.15, 0.2) is 5.56 Å². The number of halogens is 1. The molecule has 1 rings (SSSR count). The molecule has 0 amide bonds. The van der Waals surface area contributed by atoms with Crippen LogP contribution in [0.2, 0.25) is 5.02 Å². The van der Waals surface area contributed by atoms with Crippen LogP contribution in [0.5, 0.6) is 0 Å².